The highest BCUT2D eigenvalue weighted by atomic mass is 19.1. The molecule has 1 amide bonds. The Kier molecular flexibility index (Phi) is 3.82. The molecule has 1 aromatic carbocycles. The van der Waals surface area contributed by atoms with Crippen molar-refractivity contribution in [3.8, 4) is 0 Å². The van der Waals surface area contributed by atoms with Gasteiger partial charge in [-0.3, -0.25) is 19.8 Å². The van der Waals surface area contributed by atoms with Gasteiger partial charge in [-0.1, -0.05) is 0 Å². The maximum absolute atomic E-state index is 13.8. The Bertz CT molecular complexity index is 631. The summed E-state index contributed by atoms with van der Waals surface area (Å²) in [4.78, 5) is 24.8. The zero-order valence-corrected chi connectivity index (χ0v) is 12.3. The average molecular weight is 307 g/mol. The van der Waals surface area contributed by atoms with Crippen LogP contribution in [0.25, 0.3) is 0 Å². The van der Waals surface area contributed by atoms with Crippen LogP contribution in [0.2, 0.25) is 0 Å². The zero-order chi connectivity index (χ0) is 15.9. The molecule has 0 spiro atoms. The van der Waals surface area contributed by atoms with E-state index in [0.29, 0.717) is 6.04 Å². The van der Waals surface area contributed by atoms with Gasteiger partial charge in [-0.2, -0.15) is 0 Å². The van der Waals surface area contributed by atoms with E-state index in [9.17, 15) is 19.3 Å². The molecule has 3 rings (SSSR count). The molecule has 118 valence electrons. The Morgan fingerprint density at radius 2 is 2.14 bits per heavy atom. The third-order valence-corrected chi connectivity index (χ3v) is 4.39. The molecule has 7 heteroatoms. The van der Waals surface area contributed by atoms with Gasteiger partial charge < -0.3 is 5.32 Å². The highest BCUT2D eigenvalue weighted by molar-refractivity contribution is 5.95. The number of benzene rings is 1. The average Bonchev–Trinajstić information content (AvgIpc) is 3.22. The molecule has 2 aliphatic rings. The molecule has 0 bridgehead atoms. The molecule has 0 aromatic heterocycles. The minimum Gasteiger partial charge on any atom is -0.348 e. The second-order valence-corrected chi connectivity index (χ2v) is 6.04. The van der Waals surface area contributed by atoms with E-state index < -0.39 is 16.6 Å². The molecule has 1 atom stereocenters. The molecule has 22 heavy (non-hydrogen) atoms. The van der Waals surface area contributed by atoms with Crippen molar-refractivity contribution in [2.75, 3.05) is 13.1 Å². The number of likely N-dealkylation sites (tertiary alicyclic amines) is 1. The molecule has 1 N–H and O–H groups in total. The Balaban J connectivity index is 1.71. The van der Waals surface area contributed by atoms with Gasteiger partial charge >= 0.3 is 0 Å². The highest BCUT2D eigenvalue weighted by Gasteiger charge is 2.35. The maximum Gasteiger partial charge on any atom is 0.276 e. The number of carbonyl (C=O) groups excluding carboxylic acids is 1. The molecule has 0 radical (unpaired) electrons. The topological polar surface area (TPSA) is 75.5 Å². The monoisotopic (exact) mass is 307 g/mol. The minimum atomic E-state index is -0.731. The Morgan fingerprint density at radius 3 is 2.77 bits per heavy atom. The lowest BCUT2D eigenvalue weighted by Crippen LogP contribution is -2.37. The lowest BCUT2D eigenvalue weighted by atomic mass is 10.1. The van der Waals surface area contributed by atoms with Crippen LogP contribution in [-0.2, 0) is 0 Å². The van der Waals surface area contributed by atoms with E-state index in [4.69, 9.17) is 0 Å². The van der Waals surface area contributed by atoms with Crippen LogP contribution in [0, 0.1) is 22.9 Å². The lowest BCUT2D eigenvalue weighted by Gasteiger charge is -2.16. The van der Waals surface area contributed by atoms with Crippen LogP contribution in [0.4, 0.5) is 10.1 Å². The van der Waals surface area contributed by atoms with Gasteiger partial charge in [0.05, 0.1) is 10.5 Å². The van der Waals surface area contributed by atoms with Crippen molar-refractivity contribution in [1.82, 2.24) is 10.2 Å². The van der Waals surface area contributed by atoms with Gasteiger partial charge in [0.25, 0.3) is 11.6 Å². The van der Waals surface area contributed by atoms with Gasteiger partial charge in [0.1, 0.15) is 5.82 Å². The van der Waals surface area contributed by atoms with Crippen LogP contribution in [0.3, 0.4) is 0 Å². The molecule has 2 fully saturated rings. The summed E-state index contributed by atoms with van der Waals surface area (Å²) >= 11 is 0. The van der Waals surface area contributed by atoms with E-state index >= 15 is 0 Å². The summed E-state index contributed by atoms with van der Waals surface area (Å²) in [5.41, 5.74) is -0.418. The molecule has 1 saturated heterocycles. The minimum absolute atomic E-state index is 0.000304. The van der Waals surface area contributed by atoms with Crippen molar-refractivity contribution >= 4 is 11.6 Å². The Morgan fingerprint density at radius 1 is 1.41 bits per heavy atom. The van der Waals surface area contributed by atoms with E-state index in [0.717, 1.165) is 31.6 Å². The third-order valence-electron chi connectivity index (χ3n) is 4.39. The van der Waals surface area contributed by atoms with Crippen LogP contribution in [-0.4, -0.2) is 40.9 Å². The van der Waals surface area contributed by atoms with Crippen molar-refractivity contribution in [3.63, 3.8) is 0 Å². The number of rotatable bonds is 4. The summed E-state index contributed by atoms with van der Waals surface area (Å²) in [6, 6.07) is 2.88. The van der Waals surface area contributed by atoms with Crippen molar-refractivity contribution in [1.29, 1.82) is 0 Å². The van der Waals surface area contributed by atoms with E-state index in [2.05, 4.69) is 10.2 Å². The van der Waals surface area contributed by atoms with Crippen LogP contribution in [0.1, 0.15) is 35.2 Å². The predicted octanol–water partition coefficient (Wildman–Crippen LogP) is 2.01. The number of hydrogen-bond acceptors (Lipinski definition) is 4. The van der Waals surface area contributed by atoms with Gasteiger partial charge in [0.2, 0.25) is 0 Å². The summed E-state index contributed by atoms with van der Waals surface area (Å²) in [7, 11) is 0. The van der Waals surface area contributed by atoms with E-state index in [1.807, 2.05) is 0 Å². The van der Waals surface area contributed by atoms with Crippen LogP contribution < -0.4 is 5.32 Å². The summed E-state index contributed by atoms with van der Waals surface area (Å²) in [5, 5.41) is 13.8. The molecule has 6 nitrogen and oxygen atoms in total. The quantitative estimate of drug-likeness (QED) is 0.682. The van der Waals surface area contributed by atoms with E-state index in [1.54, 1.807) is 0 Å². The van der Waals surface area contributed by atoms with Gasteiger partial charge in [0, 0.05) is 36.8 Å². The second-order valence-electron chi connectivity index (χ2n) is 6.04. The Hall–Kier alpha value is -2.02. The van der Waals surface area contributed by atoms with E-state index in [-0.39, 0.29) is 22.9 Å². The smallest absolute Gasteiger partial charge is 0.276 e. The molecular weight excluding hydrogens is 289 g/mol. The van der Waals surface area contributed by atoms with Crippen LogP contribution in [0.15, 0.2) is 12.1 Å². The highest BCUT2D eigenvalue weighted by Crippen LogP contribution is 2.30. The molecule has 1 heterocycles. The van der Waals surface area contributed by atoms with E-state index in [1.165, 1.54) is 19.8 Å². The fourth-order valence-corrected chi connectivity index (χ4v) is 2.93. The zero-order valence-electron chi connectivity index (χ0n) is 12.3. The summed E-state index contributed by atoms with van der Waals surface area (Å²) in [5.74, 6) is -1.19. The first kappa shape index (κ1) is 14.9. The van der Waals surface area contributed by atoms with Gasteiger partial charge in [-0.05, 0) is 32.3 Å². The fraction of sp³-hybridized carbons (Fsp3) is 0.533. The second kappa shape index (κ2) is 5.64. The summed E-state index contributed by atoms with van der Waals surface area (Å²) < 4.78 is 13.8. The molecule has 1 saturated carbocycles. The molecule has 1 aromatic rings. The van der Waals surface area contributed by atoms with Crippen molar-refractivity contribution in [3.05, 3.63) is 39.2 Å². The van der Waals surface area contributed by atoms with Crippen LogP contribution in [0.5, 0.6) is 0 Å². The maximum atomic E-state index is 13.8. The number of carbonyl (C=O) groups is 1. The van der Waals surface area contributed by atoms with Crippen LogP contribution >= 0.6 is 0 Å². The molecule has 0 unspecified atom stereocenters. The number of amides is 1. The fourth-order valence-electron chi connectivity index (χ4n) is 2.93. The van der Waals surface area contributed by atoms with Crippen molar-refractivity contribution in [2.24, 2.45) is 0 Å². The van der Waals surface area contributed by atoms with Crippen molar-refractivity contribution in [2.45, 2.75) is 38.3 Å². The number of nitro benzene ring substituents is 1. The van der Waals surface area contributed by atoms with Gasteiger partial charge in [-0.25, -0.2) is 4.39 Å². The Labute approximate surface area is 127 Å². The molecular formula is C15H18FN3O3. The number of halogens is 1. The number of nitro groups is 1. The standard InChI is InChI=1S/C15H18FN3O3/c1-9-13(16)6-10(7-14(9)19(21)22)15(20)17-11-4-5-18(8-11)12-2-3-12/h6-7,11-12H,2-5,8H2,1H3,(H,17,20)/t11-/m0/s1. The first-order valence-corrected chi connectivity index (χ1v) is 7.45. The summed E-state index contributed by atoms with van der Waals surface area (Å²) in [6.45, 7) is 3.09. The van der Waals surface area contributed by atoms with Crippen molar-refractivity contribution < 1.29 is 14.1 Å². The number of nitrogens with zero attached hydrogens (tertiary/aromatic N) is 2. The third kappa shape index (κ3) is 2.94. The summed E-state index contributed by atoms with van der Waals surface area (Å²) in [6.07, 6.45) is 3.30. The van der Waals surface area contributed by atoms with Gasteiger partial charge in [0.15, 0.2) is 0 Å². The van der Waals surface area contributed by atoms with Gasteiger partial charge in [-0.15, -0.1) is 0 Å². The molecule has 1 aliphatic carbocycles. The normalized spacial score (nSPS) is 21.8. The first-order valence-electron chi connectivity index (χ1n) is 7.45. The largest absolute Gasteiger partial charge is 0.348 e. The number of nitrogens with one attached hydrogen (secondary N) is 1. The SMILES string of the molecule is Cc1c(F)cc(C(=O)N[C@H]2CCN(C3CC3)C2)cc1[N+](=O)[O-]. The first-order chi connectivity index (χ1) is 10.5. The molecule has 1 aliphatic heterocycles. The number of hydrogen-bond donors (Lipinski definition) is 1. The lowest BCUT2D eigenvalue weighted by molar-refractivity contribution is -0.385. The predicted molar refractivity (Wildman–Crippen MR) is 78.3 cm³/mol.